The van der Waals surface area contributed by atoms with Crippen LogP contribution in [0.25, 0.3) is 17.0 Å². The lowest BCUT2D eigenvalue weighted by atomic mass is 10.2. The molecule has 0 radical (unpaired) electrons. The van der Waals surface area contributed by atoms with Crippen molar-refractivity contribution < 1.29 is 9.53 Å². The fourth-order valence-corrected chi connectivity index (χ4v) is 4.03. The largest absolute Gasteiger partial charge is 0.494 e. The molecule has 130 valence electrons. The minimum Gasteiger partial charge on any atom is -0.494 e. The maximum Gasteiger partial charge on any atom is 0.266 e. The summed E-state index contributed by atoms with van der Waals surface area (Å²) in [5, 5.41) is 4.07. The fourth-order valence-electron chi connectivity index (χ4n) is 2.52. The highest BCUT2D eigenvalue weighted by Crippen LogP contribution is 2.33. The van der Waals surface area contributed by atoms with Crippen LogP contribution in [0.15, 0.2) is 51.8 Å². The van der Waals surface area contributed by atoms with Gasteiger partial charge in [-0.3, -0.25) is 9.69 Å². The van der Waals surface area contributed by atoms with Crippen molar-refractivity contribution in [2.45, 2.75) is 0 Å². The number of amidine groups is 1. The van der Waals surface area contributed by atoms with Gasteiger partial charge >= 0.3 is 0 Å². The van der Waals surface area contributed by atoms with Gasteiger partial charge in [0.05, 0.1) is 17.7 Å². The molecule has 1 saturated heterocycles. The van der Waals surface area contributed by atoms with Crippen LogP contribution in [-0.2, 0) is 4.79 Å². The van der Waals surface area contributed by atoms with E-state index in [-0.39, 0.29) is 5.91 Å². The van der Waals surface area contributed by atoms with Crippen molar-refractivity contribution in [2.24, 2.45) is 4.99 Å². The number of aromatic nitrogens is 2. The number of ether oxygens (including phenoxy) is 1. The molecule has 8 heteroatoms. The summed E-state index contributed by atoms with van der Waals surface area (Å²) in [6.45, 7) is 0. The molecule has 3 heterocycles. The summed E-state index contributed by atoms with van der Waals surface area (Å²) in [4.78, 5) is 27.8. The number of pyridine rings is 1. The lowest BCUT2D eigenvalue weighted by molar-refractivity contribution is -0.121. The van der Waals surface area contributed by atoms with E-state index in [1.807, 2.05) is 35.7 Å². The minimum atomic E-state index is -0.104. The molecule has 3 aromatic rings. The van der Waals surface area contributed by atoms with Crippen molar-refractivity contribution in [1.82, 2.24) is 14.9 Å². The number of hydrogen-bond acceptors (Lipinski definition) is 7. The van der Waals surface area contributed by atoms with Crippen LogP contribution < -0.4 is 4.74 Å². The molecule has 0 saturated carbocycles. The van der Waals surface area contributed by atoms with E-state index in [4.69, 9.17) is 4.74 Å². The molecule has 2 aromatic heterocycles. The van der Waals surface area contributed by atoms with Crippen molar-refractivity contribution in [3.05, 3.63) is 52.5 Å². The summed E-state index contributed by atoms with van der Waals surface area (Å²) in [6.07, 6.45) is 3.47. The van der Waals surface area contributed by atoms with Gasteiger partial charge in [-0.25, -0.2) is 9.97 Å². The van der Waals surface area contributed by atoms with Gasteiger partial charge in [0.25, 0.3) is 5.91 Å². The molecule has 26 heavy (non-hydrogen) atoms. The number of para-hydroxylation sites is 1. The first-order valence-corrected chi connectivity index (χ1v) is 9.45. The number of thioether (sulfide) groups is 1. The average Bonchev–Trinajstić information content (AvgIpc) is 3.26. The molecular formula is C18H14N4O2S2. The first-order chi connectivity index (χ1) is 12.7. The third kappa shape index (κ3) is 3.09. The number of methoxy groups -OCH3 is 1. The van der Waals surface area contributed by atoms with Gasteiger partial charge in [0, 0.05) is 24.0 Å². The Bertz CT molecular complexity index is 1040. The minimum absolute atomic E-state index is 0.104. The molecule has 1 aliphatic heterocycles. The summed E-state index contributed by atoms with van der Waals surface area (Å²) in [6, 6.07) is 9.62. The monoisotopic (exact) mass is 382 g/mol. The maximum absolute atomic E-state index is 12.5. The molecule has 1 fully saturated rings. The molecule has 0 bridgehead atoms. The zero-order chi connectivity index (χ0) is 18.1. The van der Waals surface area contributed by atoms with Crippen LogP contribution in [0.4, 0.5) is 5.13 Å². The fraction of sp³-hybridized carbons (Fsp3) is 0.111. The second-order valence-corrected chi connectivity index (χ2v) is 7.33. The normalized spacial score (nSPS) is 17.6. The van der Waals surface area contributed by atoms with Gasteiger partial charge in [-0.05, 0) is 30.0 Å². The Kier molecular flexibility index (Phi) is 4.44. The first-order valence-electron chi connectivity index (χ1n) is 7.75. The van der Waals surface area contributed by atoms with E-state index < -0.39 is 0 Å². The van der Waals surface area contributed by atoms with Crippen LogP contribution in [0.5, 0.6) is 5.75 Å². The van der Waals surface area contributed by atoms with Crippen LogP contribution in [0, 0.1) is 0 Å². The Morgan fingerprint density at radius 1 is 1.27 bits per heavy atom. The molecular weight excluding hydrogens is 368 g/mol. The summed E-state index contributed by atoms with van der Waals surface area (Å²) in [5.74, 6) is 0.600. The van der Waals surface area contributed by atoms with E-state index in [0.717, 1.165) is 10.9 Å². The number of thiazole rings is 1. The highest BCUT2D eigenvalue weighted by Gasteiger charge is 2.30. The van der Waals surface area contributed by atoms with Gasteiger partial charge in [-0.2, -0.15) is 4.99 Å². The molecule has 1 aliphatic rings. The average molecular weight is 382 g/mol. The number of amides is 1. The number of hydrogen-bond donors (Lipinski definition) is 0. The molecule has 0 unspecified atom stereocenters. The van der Waals surface area contributed by atoms with Gasteiger partial charge < -0.3 is 4.74 Å². The van der Waals surface area contributed by atoms with Crippen molar-refractivity contribution in [3.63, 3.8) is 0 Å². The van der Waals surface area contributed by atoms with Gasteiger partial charge in [0.2, 0.25) is 5.13 Å². The van der Waals surface area contributed by atoms with Gasteiger partial charge in [0.15, 0.2) is 5.17 Å². The Hall–Kier alpha value is -2.71. The molecule has 0 aliphatic carbocycles. The van der Waals surface area contributed by atoms with Gasteiger partial charge in [-0.15, -0.1) is 11.3 Å². The Morgan fingerprint density at radius 2 is 2.15 bits per heavy atom. The maximum atomic E-state index is 12.5. The SMILES string of the molecule is COc1cccc2ccc(/C=C3\SC(=Nc4nccs4)N(C)C3=O)nc12. The van der Waals surface area contributed by atoms with Crippen LogP contribution in [0.2, 0.25) is 0 Å². The second kappa shape index (κ2) is 6.89. The molecule has 6 nitrogen and oxygen atoms in total. The van der Waals surface area contributed by atoms with E-state index in [1.165, 1.54) is 28.0 Å². The summed E-state index contributed by atoms with van der Waals surface area (Å²) in [5.41, 5.74) is 1.46. The molecule has 0 spiro atoms. The van der Waals surface area contributed by atoms with Crippen LogP contribution in [0.1, 0.15) is 5.69 Å². The van der Waals surface area contributed by atoms with Crippen molar-refractivity contribution in [3.8, 4) is 5.75 Å². The summed E-state index contributed by atoms with van der Waals surface area (Å²) in [7, 11) is 3.33. The number of carbonyl (C=O) groups excluding carboxylic acids is 1. The number of benzene rings is 1. The third-order valence-electron chi connectivity index (χ3n) is 3.82. The van der Waals surface area contributed by atoms with Gasteiger partial charge in [-0.1, -0.05) is 18.2 Å². The molecule has 0 atom stereocenters. The van der Waals surface area contributed by atoms with Gasteiger partial charge in [0.1, 0.15) is 11.3 Å². The number of likely N-dealkylation sites (N-methyl/N-ethyl adjacent to an activating group) is 1. The van der Waals surface area contributed by atoms with E-state index in [9.17, 15) is 4.79 Å². The predicted octanol–water partition coefficient (Wildman–Crippen LogP) is 3.93. The van der Waals surface area contributed by atoms with E-state index in [2.05, 4.69) is 15.0 Å². The second-order valence-electron chi connectivity index (χ2n) is 5.45. The zero-order valence-corrected chi connectivity index (χ0v) is 15.7. The smallest absolute Gasteiger partial charge is 0.266 e. The third-order valence-corrected chi connectivity index (χ3v) is 5.54. The first kappa shape index (κ1) is 16.7. The summed E-state index contributed by atoms with van der Waals surface area (Å²) >= 11 is 2.75. The Labute approximate surface area is 158 Å². The highest BCUT2D eigenvalue weighted by molar-refractivity contribution is 8.18. The topological polar surface area (TPSA) is 67.7 Å². The molecule has 1 amide bonds. The number of fused-ring (bicyclic) bond motifs is 1. The van der Waals surface area contributed by atoms with Crippen molar-refractivity contribution in [1.29, 1.82) is 0 Å². The molecule has 4 rings (SSSR count). The Morgan fingerprint density at radius 3 is 2.92 bits per heavy atom. The van der Waals surface area contributed by atoms with Crippen LogP contribution in [0.3, 0.4) is 0 Å². The number of aliphatic imine (C=N–C) groups is 1. The molecule has 0 N–H and O–H groups in total. The summed E-state index contributed by atoms with van der Waals surface area (Å²) < 4.78 is 5.38. The number of rotatable bonds is 3. The zero-order valence-electron chi connectivity index (χ0n) is 14.0. The van der Waals surface area contributed by atoms with Crippen LogP contribution >= 0.6 is 23.1 Å². The number of carbonyl (C=O) groups is 1. The lowest BCUT2D eigenvalue weighted by Crippen LogP contribution is -2.23. The number of nitrogens with zero attached hydrogens (tertiary/aromatic N) is 4. The molecule has 1 aromatic carbocycles. The standard InChI is InChI=1S/C18H14N4O2S2/c1-22-16(23)14(26-18(22)21-17-19-8-9-25-17)10-12-7-6-11-4-3-5-13(24-2)15(11)20-12/h3-10H,1-2H3/b14-10-,21-18?. The Balaban J connectivity index is 1.70. The predicted molar refractivity (Wildman–Crippen MR) is 106 cm³/mol. The van der Waals surface area contributed by atoms with E-state index in [1.54, 1.807) is 26.4 Å². The van der Waals surface area contributed by atoms with E-state index in [0.29, 0.717) is 26.6 Å². The lowest BCUT2D eigenvalue weighted by Gasteiger charge is -2.06. The highest BCUT2D eigenvalue weighted by atomic mass is 32.2. The van der Waals surface area contributed by atoms with Crippen LogP contribution in [-0.4, -0.2) is 40.1 Å². The van der Waals surface area contributed by atoms with Crippen molar-refractivity contribution >= 4 is 56.3 Å². The quantitative estimate of drug-likeness (QED) is 0.642. The van der Waals surface area contributed by atoms with Crippen molar-refractivity contribution in [2.75, 3.05) is 14.2 Å². The van der Waals surface area contributed by atoms with E-state index >= 15 is 0 Å².